The quantitative estimate of drug-likeness (QED) is 0.759. The molecule has 0 aliphatic rings. The van der Waals surface area contributed by atoms with Gasteiger partial charge < -0.3 is 4.52 Å². The molecule has 24 heavy (non-hydrogen) atoms. The lowest BCUT2D eigenvalue weighted by molar-refractivity contribution is -0.137. The molecule has 0 spiro atoms. The van der Waals surface area contributed by atoms with Gasteiger partial charge in [-0.3, -0.25) is 10.1 Å². The number of nitrogens with one attached hydrogen (secondary N) is 1. The molecule has 1 N–H and O–H groups in total. The number of carbonyl (C=O) groups is 1. The van der Waals surface area contributed by atoms with Gasteiger partial charge in [-0.1, -0.05) is 17.3 Å². The van der Waals surface area contributed by atoms with Crippen molar-refractivity contribution in [3.8, 4) is 11.3 Å². The molecule has 0 atom stereocenters. The Hall–Kier alpha value is -2.68. The number of alkyl halides is 3. The number of rotatable bonds is 3. The Labute approximate surface area is 138 Å². The van der Waals surface area contributed by atoms with Crippen LogP contribution in [0.3, 0.4) is 0 Å². The second kappa shape index (κ2) is 6.08. The van der Waals surface area contributed by atoms with Crippen LogP contribution < -0.4 is 5.32 Å². The molecule has 0 bridgehead atoms. The molecule has 0 aliphatic heterocycles. The Morgan fingerprint density at radius 3 is 2.75 bits per heavy atom. The first-order chi connectivity index (χ1) is 11.3. The lowest BCUT2D eigenvalue weighted by Gasteiger charge is -2.07. The van der Waals surface area contributed by atoms with E-state index in [9.17, 15) is 18.0 Å². The molecule has 2 heterocycles. The van der Waals surface area contributed by atoms with Crippen LogP contribution in [0, 0.1) is 6.92 Å². The summed E-state index contributed by atoms with van der Waals surface area (Å²) in [7, 11) is 0. The van der Waals surface area contributed by atoms with E-state index in [0.29, 0.717) is 17.0 Å². The average Bonchev–Trinajstić information content (AvgIpc) is 3.16. The molecule has 2 aromatic heterocycles. The van der Waals surface area contributed by atoms with Gasteiger partial charge in [0.1, 0.15) is 5.76 Å². The fourth-order valence-corrected chi connectivity index (χ4v) is 2.67. The molecule has 1 aromatic carbocycles. The van der Waals surface area contributed by atoms with E-state index in [4.69, 9.17) is 4.52 Å². The van der Waals surface area contributed by atoms with Gasteiger partial charge in [0.2, 0.25) is 0 Å². The standard InChI is InChI=1S/C15H10F3N3O2S/c1-8-5-11(21-23-8)13(22)20-14-19-12(7-24-14)9-3-2-4-10(6-9)15(16,17)18/h2-7H,1H3,(H,19,20,22). The first-order valence-corrected chi connectivity index (χ1v) is 7.59. The van der Waals surface area contributed by atoms with E-state index in [1.54, 1.807) is 12.3 Å². The molecule has 3 rings (SSSR count). The Morgan fingerprint density at radius 1 is 1.29 bits per heavy atom. The number of aromatic nitrogens is 2. The van der Waals surface area contributed by atoms with Crippen LogP contribution in [0.4, 0.5) is 18.3 Å². The number of amides is 1. The van der Waals surface area contributed by atoms with Gasteiger partial charge in [0, 0.05) is 17.0 Å². The first-order valence-electron chi connectivity index (χ1n) is 6.71. The van der Waals surface area contributed by atoms with Crippen molar-refractivity contribution in [1.82, 2.24) is 10.1 Å². The second-order valence-electron chi connectivity index (χ2n) is 4.89. The second-order valence-corrected chi connectivity index (χ2v) is 5.75. The number of thiazole rings is 1. The number of anilines is 1. The van der Waals surface area contributed by atoms with Crippen molar-refractivity contribution in [2.24, 2.45) is 0 Å². The van der Waals surface area contributed by atoms with Crippen molar-refractivity contribution in [1.29, 1.82) is 0 Å². The summed E-state index contributed by atoms with van der Waals surface area (Å²) in [6.07, 6.45) is -4.42. The van der Waals surface area contributed by atoms with E-state index in [1.807, 2.05) is 0 Å². The molecule has 0 saturated carbocycles. The summed E-state index contributed by atoms with van der Waals surface area (Å²) in [6.45, 7) is 1.65. The summed E-state index contributed by atoms with van der Waals surface area (Å²) in [4.78, 5) is 16.1. The van der Waals surface area contributed by atoms with E-state index < -0.39 is 17.6 Å². The molecule has 0 unspecified atom stereocenters. The molecule has 0 saturated heterocycles. The Bertz CT molecular complexity index is 886. The molecule has 0 radical (unpaired) electrons. The van der Waals surface area contributed by atoms with Gasteiger partial charge in [0.15, 0.2) is 10.8 Å². The predicted octanol–water partition coefficient (Wildman–Crippen LogP) is 4.38. The zero-order valence-corrected chi connectivity index (χ0v) is 13.0. The summed E-state index contributed by atoms with van der Waals surface area (Å²) in [5.74, 6) is -0.0132. The highest BCUT2D eigenvalue weighted by atomic mass is 32.1. The molecule has 124 valence electrons. The van der Waals surface area contributed by atoms with Crippen LogP contribution in [0.25, 0.3) is 11.3 Å². The van der Waals surface area contributed by atoms with E-state index >= 15 is 0 Å². The van der Waals surface area contributed by atoms with Crippen LogP contribution in [0.1, 0.15) is 21.8 Å². The van der Waals surface area contributed by atoms with E-state index in [1.165, 1.54) is 18.2 Å². The summed E-state index contributed by atoms with van der Waals surface area (Å²) in [6, 6.07) is 6.31. The Morgan fingerprint density at radius 2 is 2.08 bits per heavy atom. The molecular formula is C15H10F3N3O2S. The van der Waals surface area contributed by atoms with Crippen molar-refractivity contribution < 1.29 is 22.5 Å². The summed E-state index contributed by atoms with van der Waals surface area (Å²) in [5, 5.41) is 7.94. The van der Waals surface area contributed by atoms with Gasteiger partial charge in [0.05, 0.1) is 11.3 Å². The van der Waals surface area contributed by atoms with Crippen LogP contribution in [-0.2, 0) is 6.18 Å². The number of hydrogen-bond acceptors (Lipinski definition) is 5. The number of carbonyl (C=O) groups excluding carboxylic acids is 1. The summed E-state index contributed by atoms with van der Waals surface area (Å²) < 4.78 is 43.1. The zero-order valence-electron chi connectivity index (χ0n) is 12.2. The maximum absolute atomic E-state index is 12.8. The lowest BCUT2D eigenvalue weighted by Crippen LogP contribution is -2.11. The molecule has 0 aliphatic carbocycles. The highest BCUT2D eigenvalue weighted by molar-refractivity contribution is 7.14. The van der Waals surface area contributed by atoms with Crippen LogP contribution in [-0.4, -0.2) is 16.0 Å². The molecule has 3 aromatic rings. The highest BCUT2D eigenvalue weighted by Gasteiger charge is 2.30. The van der Waals surface area contributed by atoms with Gasteiger partial charge in [0.25, 0.3) is 5.91 Å². The van der Waals surface area contributed by atoms with E-state index in [0.717, 1.165) is 23.5 Å². The number of nitrogens with zero attached hydrogens (tertiary/aromatic N) is 2. The van der Waals surface area contributed by atoms with E-state index in [2.05, 4.69) is 15.5 Å². The zero-order chi connectivity index (χ0) is 17.3. The third kappa shape index (κ3) is 3.46. The third-order valence-electron chi connectivity index (χ3n) is 3.07. The minimum atomic E-state index is -4.42. The maximum atomic E-state index is 12.8. The minimum absolute atomic E-state index is 0.100. The van der Waals surface area contributed by atoms with Crippen LogP contribution >= 0.6 is 11.3 Å². The SMILES string of the molecule is Cc1cc(C(=O)Nc2nc(-c3cccc(C(F)(F)F)c3)cs2)no1. The smallest absolute Gasteiger partial charge is 0.361 e. The monoisotopic (exact) mass is 353 g/mol. The van der Waals surface area contributed by atoms with Crippen LogP contribution in [0.2, 0.25) is 0 Å². The maximum Gasteiger partial charge on any atom is 0.416 e. The summed E-state index contributed by atoms with van der Waals surface area (Å²) >= 11 is 1.10. The average molecular weight is 353 g/mol. The van der Waals surface area contributed by atoms with E-state index in [-0.39, 0.29) is 10.8 Å². The predicted molar refractivity (Wildman–Crippen MR) is 81.7 cm³/mol. The van der Waals surface area contributed by atoms with Gasteiger partial charge in [-0.05, 0) is 19.1 Å². The third-order valence-corrected chi connectivity index (χ3v) is 3.83. The van der Waals surface area contributed by atoms with Gasteiger partial charge in [-0.25, -0.2) is 4.98 Å². The Balaban J connectivity index is 1.80. The number of benzene rings is 1. The molecular weight excluding hydrogens is 343 g/mol. The minimum Gasteiger partial charge on any atom is -0.361 e. The lowest BCUT2D eigenvalue weighted by atomic mass is 10.1. The van der Waals surface area contributed by atoms with Crippen molar-refractivity contribution in [2.45, 2.75) is 13.1 Å². The topological polar surface area (TPSA) is 68.0 Å². The number of hydrogen-bond donors (Lipinski definition) is 1. The normalized spacial score (nSPS) is 11.5. The number of halogens is 3. The highest BCUT2D eigenvalue weighted by Crippen LogP contribution is 2.33. The summed E-state index contributed by atoms with van der Waals surface area (Å²) in [5.41, 5.74) is 0.0107. The van der Waals surface area contributed by atoms with Crippen LogP contribution in [0.15, 0.2) is 40.2 Å². The van der Waals surface area contributed by atoms with Crippen LogP contribution in [0.5, 0.6) is 0 Å². The molecule has 1 amide bonds. The Kier molecular flexibility index (Phi) is 4.10. The van der Waals surface area contributed by atoms with Crippen molar-refractivity contribution in [2.75, 3.05) is 5.32 Å². The van der Waals surface area contributed by atoms with Crippen molar-refractivity contribution in [3.63, 3.8) is 0 Å². The largest absolute Gasteiger partial charge is 0.416 e. The van der Waals surface area contributed by atoms with Crippen molar-refractivity contribution >= 4 is 22.4 Å². The molecule has 5 nitrogen and oxygen atoms in total. The van der Waals surface area contributed by atoms with Gasteiger partial charge in [-0.15, -0.1) is 11.3 Å². The van der Waals surface area contributed by atoms with Gasteiger partial charge >= 0.3 is 6.18 Å². The fourth-order valence-electron chi connectivity index (χ4n) is 1.95. The van der Waals surface area contributed by atoms with Gasteiger partial charge in [-0.2, -0.15) is 13.2 Å². The fraction of sp³-hybridized carbons (Fsp3) is 0.133. The van der Waals surface area contributed by atoms with Crippen molar-refractivity contribution in [3.05, 3.63) is 52.7 Å². The molecule has 9 heteroatoms. The first kappa shape index (κ1) is 16.2. The number of aryl methyl sites for hydroxylation is 1. The molecule has 0 fully saturated rings.